The smallest absolute Gasteiger partial charge is 0.325 e. The number of nitrogens with zero attached hydrogens (tertiary/aromatic N) is 2. The molecular weight excluding hydrogens is 361 g/mol. The van der Waals surface area contributed by atoms with Crippen LogP contribution in [-0.4, -0.2) is 36.5 Å². The van der Waals surface area contributed by atoms with Crippen molar-refractivity contribution in [2.75, 3.05) is 24.5 Å². The van der Waals surface area contributed by atoms with Crippen molar-refractivity contribution in [3.8, 4) is 0 Å². The Kier molecular flexibility index (Phi) is 5.46. The van der Waals surface area contributed by atoms with Crippen LogP contribution in [0.1, 0.15) is 5.56 Å². The number of carbonyl (C=O) groups is 2. The number of carbonyl (C=O) groups excluding carboxylic acids is 2. The van der Waals surface area contributed by atoms with Gasteiger partial charge in [0.15, 0.2) is 0 Å². The van der Waals surface area contributed by atoms with E-state index in [0.717, 1.165) is 11.3 Å². The molecule has 0 saturated carbocycles. The summed E-state index contributed by atoms with van der Waals surface area (Å²) in [4.78, 5) is 27.8. The van der Waals surface area contributed by atoms with Crippen LogP contribution in [0.3, 0.4) is 0 Å². The van der Waals surface area contributed by atoms with Gasteiger partial charge in [0.05, 0.1) is 0 Å². The van der Waals surface area contributed by atoms with E-state index in [1.807, 2.05) is 24.3 Å². The number of rotatable bonds is 5. The van der Waals surface area contributed by atoms with Crippen molar-refractivity contribution >= 4 is 40.8 Å². The van der Waals surface area contributed by atoms with E-state index in [-0.39, 0.29) is 18.5 Å². The Bertz CT molecular complexity index is 797. The first-order valence-corrected chi connectivity index (χ1v) is 8.62. The number of benzene rings is 2. The minimum absolute atomic E-state index is 0.0142. The van der Waals surface area contributed by atoms with Crippen molar-refractivity contribution in [3.05, 3.63) is 64.1 Å². The van der Waals surface area contributed by atoms with Gasteiger partial charge in [0.2, 0.25) is 5.91 Å². The summed E-state index contributed by atoms with van der Waals surface area (Å²) in [7, 11) is 0. The molecule has 1 aliphatic rings. The van der Waals surface area contributed by atoms with Crippen LogP contribution >= 0.6 is 23.2 Å². The molecule has 1 aliphatic heterocycles. The highest BCUT2D eigenvalue weighted by Crippen LogP contribution is 2.23. The Morgan fingerprint density at radius 3 is 2.64 bits per heavy atom. The van der Waals surface area contributed by atoms with Crippen molar-refractivity contribution in [1.29, 1.82) is 0 Å². The third kappa shape index (κ3) is 4.24. The van der Waals surface area contributed by atoms with Crippen LogP contribution in [0.5, 0.6) is 0 Å². The Morgan fingerprint density at radius 2 is 1.88 bits per heavy atom. The minimum Gasteiger partial charge on any atom is -0.350 e. The van der Waals surface area contributed by atoms with E-state index in [1.54, 1.807) is 29.2 Å². The van der Waals surface area contributed by atoms with E-state index in [4.69, 9.17) is 23.2 Å². The SMILES string of the molecule is O=C(CN1CCN(c2cccc(Cl)c2)C1=O)NCc1ccccc1Cl. The van der Waals surface area contributed by atoms with Crippen LogP contribution in [0.25, 0.3) is 0 Å². The molecule has 0 spiro atoms. The van der Waals surface area contributed by atoms with Gasteiger partial charge in [0, 0.05) is 35.4 Å². The molecule has 3 rings (SSSR count). The molecule has 1 N–H and O–H groups in total. The molecule has 0 bridgehead atoms. The number of nitrogens with one attached hydrogen (secondary N) is 1. The Hall–Kier alpha value is -2.24. The highest BCUT2D eigenvalue weighted by molar-refractivity contribution is 6.31. The first kappa shape index (κ1) is 17.6. The monoisotopic (exact) mass is 377 g/mol. The van der Waals surface area contributed by atoms with Gasteiger partial charge in [-0.25, -0.2) is 4.79 Å². The zero-order valence-corrected chi connectivity index (χ0v) is 14.9. The van der Waals surface area contributed by atoms with Crippen molar-refractivity contribution in [3.63, 3.8) is 0 Å². The first-order chi connectivity index (χ1) is 12.0. The zero-order valence-electron chi connectivity index (χ0n) is 13.4. The Labute approximate surface area is 156 Å². The van der Waals surface area contributed by atoms with Gasteiger partial charge in [0.1, 0.15) is 6.54 Å². The molecule has 2 aromatic carbocycles. The second-order valence-corrected chi connectivity index (χ2v) is 6.55. The predicted octanol–water partition coefficient (Wildman–Crippen LogP) is 3.55. The van der Waals surface area contributed by atoms with Gasteiger partial charge in [0.25, 0.3) is 0 Å². The standard InChI is InChI=1S/C18H17Cl2N3O2/c19-14-5-3-6-15(10-14)23-9-8-22(18(23)25)12-17(24)21-11-13-4-1-2-7-16(13)20/h1-7,10H,8-9,11-12H2,(H,21,24). The van der Waals surface area contributed by atoms with E-state index in [0.29, 0.717) is 29.7 Å². The fraction of sp³-hybridized carbons (Fsp3) is 0.222. The normalized spacial score (nSPS) is 14.1. The summed E-state index contributed by atoms with van der Waals surface area (Å²) >= 11 is 12.0. The number of urea groups is 1. The molecule has 0 radical (unpaired) electrons. The van der Waals surface area contributed by atoms with Crippen molar-refractivity contribution in [2.45, 2.75) is 6.54 Å². The third-order valence-corrected chi connectivity index (χ3v) is 4.59. The number of halogens is 2. The lowest BCUT2D eigenvalue weighted by atomic mass is 10.2. The number of anilines is 1. The van der Waals surface area contributed by atoms with Gasteiger partial charge in [-0.15, -0.1) is 0 Å². The van der Waals surface area contributed by atoms with E-state index < -0.39 is 0 Å². The maximum Gasteiger partial charge on any atom is 0.325 e. The molecule has 1 fully saturated rings. The number of amides is 3. The van der Waals surface area contributed by atoms with Crippen LogP contribution in [-0.2, 0) is 11.3 Å². The van der Waals surface area contributed by atoms with Gasteiger partial charge in [-0.3, -0.25) is 9.69 Å². The van der Waals surface area contributed by atoms with Crippen LogP contribution < -0.4 is 10.2 Å². The third-order valence-electron chi connectivity index (χ3n) is 3.98. The second kappa shape index (κ2) is 7.76. The maximum atomic E-state index is 12.5. The maximum absolute atomic E-state index is 12.5. The average molecular weight is 378 g/mol. The van der Waals surface area contributed by atoms with Crippen molar-refractivity contribution in [1.82, 2.24) is 10.2 Å². The summed E-state index contributed by atoms with van der Waals surface area (Å²) in [6.45, 7) is 1.36. The number of hydrogen-bond acceptors (Lipinski definition) is 2. The van der Waals surface area contributed by atoms with E-state index in [2.05, 4.69) is 5.32 Å². The largest absolute Gasteiger partial charge is 0.350 e. The van der Waals surface area contributed by atoms with Gasteiger partial charge in [-0.2, -0.15) is 0 Å². The first-order valence-electron chi connectivity index (χ1n) is 7.87. The highest BCUT2D eigenvalue weighted by Gasteiger charge is 2.30. The van der Waals surface area contributed by atoms with Gasteiger partial charge >= 0.3 is 6.03 Å². The molecule has 7 heteroatoms. The molecule has 2 aromatic rings. The minimum atomic E-state index is -0.221. The summed E-state index contributed by atoms with van der Waals surface area (Å²) in [6, 6.07) is 14.2. The fourth-order valence-corrected chi connectivity index (χ4v) is 3.06. The Balaban J connectivity index is 1.56. The summed E-state index contributed by atoms with van der Waals surface area (Å²) in [6.07, 6.45) is 0. The fourth-order valence-electron chi connectivity index (χ4n) is 2.68. The summed E-state index contributed by atoms with van der Waals surface area (Å²) < 4.78 is 0. The summed E-state index contributed by atoms with van der Waals surface area (Å²) in [5, 5.41) is 3.97. The van der Waals surface area contributed by atoms with Gasteiger partial charge < -0.3 is 10.2 Å². The topological polar surface area (TPSA) is 52.7 Å². The molecule has 1 heterocycles. The van der Waals surface area contributed by atoms with E-state index >= 15 is 0 Å². The van der Waals surface area contributed by atoms with Crippen molar-refractivity contribution in [2.24, 2.45) is 0 Å². The summed E-state index contributed by atoms with van der Waals surface area (Å²) in [5.74, 6) is -0.221. The molecule has 130 valence electrons. The Morgan fingerprint density at radius 1 is 1.08 bits per heavy atom. The molecule has 25 heavy (non-hydrogen) atoms. The van der Waals surface area contributed by atoms with Gasteiger partial charge in [-0.05, 0) is 29.8 Å². The molecular formula is C18H17Cl2N3O2. The van der Waals surface area contributed by atoms with Crippen LogP contribution in [0.15, 0.2) is 48.5 Å². The number of hydrogen-bond donors (Lipinski definition) is 1. The van der Waals surface area contributed by atoms with Gasteiger partial charge in [-0.1, -0.05) is 47.5 Å². The van der Waals surface area contributed by atoms with Crippen LogP contribution in [0.4, 0.5) is 10.5 Å². The van der Waals surface area contributed by atoms with Crippen LogP contribution in [0, 0.1) is 0 Å². The van der Waals surface area contributed by atoms with Crippen LogP contribution in [0.2, 0.25) is 10.0 Å². The molecule has 0 aromatic heterocycles. The molecule has 0 atom stereocenters. The van der Waals surface area contributed by atoms with E-state index in [1.165, 1.54) is 4.90 Å². The molecule has 5 nitrogen and oxygen atoms in total. The zero-order chi connectivity index (χ0) is 17.8. The summed E-state index contributed by atoms with van der Waals surface area (Å²) in [5.41, 5.74) is 1.57. The average Bonchev–Trinajstić information content (AvgIpc) is 2.95. The highest BCUT2D eigenvalue weighted by atomic mass is 35.5. The molecule has 0 unspecified atom stereocenters. The lowest BCUT2D eigenvalue weighted by molar-refractivity contribution is -0.121. The lowest BCUT2D eigenvalue weighted by Crippen LogP contribution is -2.39. The quantitative estimate of drug-likeness (QED) is 0.865. The second-order valence-electron chi connectivity index (χ2n) is 5.70. The lowest BCUT2D eigenvalue weighted by Gasteiger charge is -2.18. The predicted molar refractivity (Wildman–Crippen MR) is 99.1 cm³/mol. The molecule has 1 saturated heterocycles. The molecule has 3 amide bonds. The van der Waals surface area contributed by atoms with E-state index in [9.17, 15) is 9.59 Å². The molecule has 0 aliphatic carbocycles. The van der Waals surface area contributed by atoms with Crippen molar-refractivity contribution < 1.29 is 9.59 Å².